The fourth-order valence-corrected chi connectivity index (χ4v) is 4.22. The Hall–Kier alpha value is -0.960. The van der Waals surface area contributed by atoms with Crippen molar-refractivity contribution in [3.05, 3.63) is 23.8 Å². The van der Waals surface area contributed by atoms with Crippen molar-refractivity contribution in [3.8, 4) is 0 Å². The molecule has 0 fully saturated rings. The van der Waals surface area contributed by atoms with Gasteiger partial charge in [-0.3, -0.25) is 4.84 Å². The molecule has 0 radical (unpaired) electrons. The van der Waals surface area contributed by atoms with Crippen molar-refractivity contribution >= 4 is 19.7 Å². The highest BCUT2D eigenvalue weighted by molar-refractivity contribution is 7.93. The standard InChI is InChI=1S/C9H13NO5S2/c1-16(11,12)8-5-3-4-7(6-15-10)9(8)17(2,13)14/h3-5H,6,10H2,1-2H3. The Morgan fingerprint density at radius 3 is 2.12 bits per heavy atom. The first kappa shape index (κ1) is 14.1. The van der Waals surface area contributed by atoms with Gasteiger partial charge in [-0.15, -0.1) is 0 Å². The van der Waals surface area contributed by atoms with Crippen LogP contribution in [0.15, 0.2) is 28.0 Å². The van der Waals surface area contributed by atoms with E-state index in [1.807, 2.05) is 0 Å². The second-order valence-corrected chi connectivity index (χ2v) is 7.54. The first-order valence-corrected chi connectivity index (χ1v) is 8.30. The summed E-state index contributed by atoms with van der Waals surface area (Å²) in [5, 5.41) is 0. The van der Waals surface area contributed by atoms with Crippen LogP contribution in [0.3, 0.4) is 0 Å². The maximum Gasteiger partial charge on any atom is 0.177 e. The van der Waals surface area contributed by atoms with Crippen molar-refractivity contribution in [3.63, 3.8) is 0 Å². The Morgan fingerprint density at radius 2 is 1.71 bits per heavy atom. The number of rotatable bonds is 4. The lowest BCUT2D eigenvalue weighted by Gasteiger charge is -2.11. The van der Waals surface area contributed by atoms with E-state index in [9.17, 15) is 16.8 Å². The van der Waals surface area contributed by atoms with Crippen LogP contribution in [0, 0.1) is 0 Å². The molecule has 17 heavy (non-hydrogen) atoms. The molecule has 0 saturated heterocycles. The summed E-state index contributed by atoms with van der Waals surface area (Å²) < 4.78 is 46.3. The van der Waals surface area contributed by atoms with Crippen LogP contribution in [0.1, 0.15) is 5.56 Å². The monoisotopic (exact) mass is 279 g/mol. The molecule has 6 nitrogen and oxygen atoms in total. The molecule has 0 aliphatic heterocycles. The molecule has 1 aromatic rings. The van der Waals surface area contributed by atoms with Crippen LogP contribution in [0.2, 0.25) is 0 Å². The molecule has 0 aliphatic rings. The zero-order valence-electron chi connectivity index (χ0n) is 9.37. The molecule has 96 valence electrons. The van der Waals surface area contributed by atoms with Crippen molar-refractivity contribution in [1.29, 1.82) is 0 Å². The van der Waals surface area contributed by atoms with Crippen LogP contribution in [-0.4, -0.2) is 29.3 Å². The van der Waals surface area contributed by atoms with Crippen LogP contribution in [0.4, 0.5) is 0 Å². The summed E-state index contributed by atoms with van der Waals surface area (Å²) in [4.78, 5) is 3.87. The molecule has 0 aliphatic carbocycles. The van der Waals surface area contributed by atoms with Gasteiger partial charge in [0.25, 0.3) is 0 Å². The minimum absolute atomic E-state index is 0.175. The quantitative estimate of drug-likeness (QED) is 0.771. The van der Waals surface area contributed by atoms with Gasteiger partial charge in [-0.05, 0) is 11.6 Å². The lowest BCUT2D eigenvalue weighted by molar-refractivity contribution is 0.122. The zero-order valence-corrected chi connectivity index (χ0v) is 11.0. The largest absolute Gasteiger partial charge is 0.300 e. The maximum absolute atomic E-state index is 11.6. The van der Waals surface area contributed by atoms with Crippen LogP contribution >= 0.6 is 0 Å². The van der Waals surface area contributed by atoms with E-state index in [0.717, 1.165) is 12.5 Å². The van der Waals surface area contributed by atoms with Gasteiger partial charge < -0.3 is 0 Å². The first-order chi connectivity index (χ1) is 7.68. The van der Waals surface area contributed by atoms with Crippen molar-refractivity contribution in [2.24, 2.45) is 5.90 Å². The Balaban J connectivity index is 3.70. The predicted octanol–water partition coefficient (Wildman–Crippen LogP) is -0.116. The van der Waals surface area contributed by atoms with Crippen LogP contribution in [0.5, 0.6) is 0 Å². The first-order valence-electron chi connectivity index (χ1n) is 4.51. The summed E-state index contributed by atoms with van der Waals surface area (Å²) in [5.41, 5.74) is 0.220. The summed E-state index contributed by atoms with van der Waals surface area (Å²) in [5.74, 6) is 4.89. The molecule has 0 amide bonds. The number of sulfone groups is 2. The molecule has 0 atom stereocenters. The van der Waals surface area contributed by atoms with Gasteiger partial charge in [-0.1, -0.05) is 12.1 Å². The summed E-state index contributed by atoms with van der Waals surface area (Å²) in [6, 6.07) is 4.14. The third kappa shape index (κ3) is 3.25. The fraction of sp³-hybridized carbons (Fsp3) is 0.333. The molecule has 0 saturated carbocycles. The lowest BCUT2D eigenvalue weighted by Crippen LogP contribution is -2.12. The smallest absolute Gasteiger partial charge is 0.177 e. The maximum atomic E-state index is 11.6. The average molecular weight is 279 g/mol. The summed E-state index contributed by atoms with van der Waals surface area (Å²) in [6.45, 7) is -0.175. The van der Waals surface area contributed by atoms with E-state index in [1.165, 1.54) is 18.2 Å². The summed E-state index contributed by atoms with van der Waals surface area (Å²) in [6.07, 6.45) is 1.89. The average Bonchev–Trinajstić information content (AvgIpc) is 2.14. The molecule has 8 heteroatoms. The van der Waals surface area contributed by atoms with E-state index >= 15 is 0 Å². The number of hydrogen-bond donors (Lipinski definition) is 1. The van der Waals surface area contributed by atoms with Gasteiger partial charge in [-0.2, -0.15) is 0 Å². The van der Waals surface area contributed by atoms with Gasteiger partial charge in [0.2, 0.25) is 0 Å². The molecule has 0 spiro atoms. The van der Waals surface area contributed by atoms with E-state index < -0.39 is 19.7 Å². The Morgan fingerprint density at radius 1 is 1.12 bits per heavy atom. The van der Waals surface area contributed by atoms with E-state index in [4.69, 9.17) is 5.90 Å². The fourth-order valence-electron chi connectivity index (χ4n) is 1.48. The van der Waals surface area contributed by atoms with Crippen molar-refractivity contribution in [2.45, 2.75) is 16.4 Å². The Kier molecular flexibility index (Phi) is 3.92. The summed E-state index contributed by atoms with van der Waals surface area (Å²) in [7, 11) is -7.32. The molecule has 0 unspecified atom stereocenters. The number of benzene rings is 1. The van der Waals surface area contributed by atoms with E-state index in [2.05, 4.69) is 4.84 Å². The predicted molar refractivity (Wildman–Crippen MR) is 61.6 cm³/mol. The van der Waals surface area contributed by atoms with Gasteiger partial charge in [0, 0.05) is 12.5 Å². The molecule has 0 heterocycles. The molecule has 1 rings (SSSR count). The molecule has 0 bridgehead atoms. The molecule has 2 N–H and O–H groups in total. The van der Waals surface area contributed by atoms with E-state index in [-0.39, 0.29) is 22.0 Å². The minimum Gasteiger partial charge on any atom is -0.300 e. The highest BCUT2D eigenvalue weighted by Crippen LogP contribution is 2.25. The molecule has 1 aromatic carbocycles. The Labute approximate surface area is 100 Å². The van der Waals surface area contributed by atoms with Gasteiger partial charge in [0.1, 0.15) is 0 Å². The molecular weight excluding hydrogens is 266 g/mol. The lowest BCUT2D eigenvalue weighted by atomic mass is 10.2. The topological polar surface area (TPSA) is 104 Å². The highest BCUT2D eigenvalue weighted by atomic mass is 32.2. The second-order valence-electron chi connectivity index (χ2n) is 3.60. The second kappa shape index (κ2) is 4.73. The molecular formula is C9H13NO5S2. The van der Waals surface area contributed by atoms with Crippen LogP contribution in [0.25, 0.3) is 0 Å². The van der Waals surface area contributed by atoms with Crippen molar-refractivity contribution < 1.29 is 21.7 Å². The summed E-state index contributed by atoms with van der Waals surface area (Å²) >= 11 is 0. The van der Waals surface area contributed by atoms with Crippen LogP contribution < -0.4 is 5.90 Å². The third-order valence-electron chi connectivity index (χ3n) is 2.07. The normalized spacial score (nSPS) is 12.6. The third-order valence-corrected chi connectivity index (χ3v) is 4.56. The number of nitrogens with two attached hydrogens (primary N) is 1. The zero-order chi connectivity index (χ0) is 13.3. The van der Waals surface area contributed by atoms with Gasteiger partial charge in [-0.25, -0.2) is 22.7 Å². The van der Waals surface area contributed by atoms with Gasteiger partial charge >= 0.3 is 0 Å². The van der Waals surface area contributed by atoms with Crippen LogP contribution in [-0.2, 0) is 31.1 Å². The minimum atomic E-state index is -3.68. The SMILES string of the molecule is CS(=O)(=O)c1cccc(CON)c1S(C)(=O)=O. The van der Waals surface area contributed by atoms with E-state index in [1.54, 1.807) is 0 Å². The van der Waals surface area contributed by atoms with Crippen molar-refractivity contribution in [1.82, 2.24) is 0 Å². The van der Waals surface area contributed by atoms with Gasteiger partial charge in [0.15, 0.2) is 19.7 Å². The van der Waals surface area contributed by atoms with Crippen molar-refractivity contribution in [2.75, 3.05) is 12.5 Å². The molecule has 0 aromatic heterocycles. The number of hydrogen-bond acceptors (Lipinski definition) is 6. The highest BCUT2D eigenvalue weighted by Gasteiger charge is 2.23. The van der Waals surface area contributed by atoms with E-state index in [0.29, 0.717) is 0 Å². The van der Waals surface area contributed by atoms with Gasteiger partial charge in [0.05, 0.1) is 16.4 Å². The Bertz CT molecular complexity index is 619.